The molecule has 0 spiro atoms. The molecule has 0 saturated heterocycles. The molecule has 1 N–H and O–H groups in total. The average Bonchev–Trinajstić information content (AvgIpc) is 2.74. The van der Waals surface area contributed by atoms with Crippen molar-refractivity contribution >= 4 is 23.7 Å². The number of carbonyl (C=O) groups excluding carboxylic acids is 1. The first-order valence-corrected chi connectivity index (χ1v) is 5.67. The van der Waals surface area contributed by atoms with Gasteiger partial charge in [0.05, 0.1) is 5.97 Å². The van der Waals surface area contributed by atoms with E-state index in [0.29, 0.717) is 5.70 Å². The summed E-state index contributed by atoms with van der Waals surface area (Å²) in [5.74, 6) is -1.25. The number of benzene rings is 1. The molecular weight excluding hydrogens is 230 g/mol. The molecule has 0 bridgehead atoms. The number of hydrogen-bond acceptors (Lipinski definition) is 5. The van der Waals surface area contributed by atoms with Crippen LogP contribution in [0.25, 0.3) is 0 Å². The zero-order valence-electron chi connectivity index (χ0n) is 10.1. The zero-order chi connectivity index (χ0) is 12.9. The normalized spacial score (nSPS) is 20.3. The number of carbonyl (C=O) groups is 1. The fourth-order valence-electron chi connectivity index (χ4n) is 2.46. The molecule has 2 heterocycles. The van der Waals surface area contributed by atoms with E-state index >= 15 is 0 Å². The Bertz CT molecular complexity index is 602. The number of anilines is 2. The third kappa shape index (κ3) is 1.37. The highest BCUT2D eigenvalue weighted by Crippen LogP contribution is 2.42. The van der Waals surface area contributed by atoms with E-state index in [1.54, 1.807) is 4.90 Å². The maximum absolute atomic E-state index is 11.1. The second-order valence-corrected chi connectivity index (χ2v) is 4.87. The van der Waals surface area contributed by atoms with Crippen LogP contribution in [0.4, 0.5) is 11.4 Å². The van der Waals surface area contributed by atoms with Gasteiger partial charge < -0.3 is 15.2 Å². The molecule has 91 valence electrons. The van der Waals surface area contributed by atoms with Crippen LogP contribution in [0.15, 0.2) is 40.7 Å². The van der Waals surface area contributed by atoms with E-state index in [0.717, 1.165) is 11.4 Å². The average molecular weight is 242 g/mol. The predicted molar refractivity (Wildman–Crippen MR) is 66.5 cm³/mol. The third-order valence-electron chi connectivity index (χ3n) is 3.16. The number of aliphatic imine (C=N–C) groups is 1. The molecule has 0 fully saturated rings. The van der Waals surface area contributed by atoms with Gasteiger partial charge in [0.15, 0.2) is 5.70 Å². The number of nitrogens with one attached hydrogen (secondary N) is 1. The Morgan fingerprint density at radius 1 is 1.39 bits per heavy atom. The highest BCUT2D eigenvalue weighted by molar-refractivity contribution is 5.96. The molecule has 0 aliphatic carbocycles. The summed E-state index contributed by atoms with van der Waals surface area (Å²) >= 11 is 0. The van der Waals surface area contributed by atoms with Crippen LogP contribution in [0.1, 0.15) is 13.8 Å². The van der Waals surface area contributed by atoms with Gasteiger partial charge in [0, 0.05) is 6.07 Å². The summed E-state index contributed by atoms with van der Waals surface area (Å²) < 4.78 is 0. The van der Waals surface area contributed by atoms with Crippen LogP contribution in [0.5, 0.6) is 0 Å². The molecular formula is C13H12N3O2. The lowest BCUT2D eigenvalue weighted by molar-refractivity contribution is -0.299. The Balaban J connectivity index is 2.24. The molecule has 0 saturated carbocycles. The molecule has 1 aromatic rings. The van der Waals surface area contributed by atoms with Gasteiger partial charge in [-0.25, -0.2) is 0 Å². The Morgan fingerprint density at radius 3 is 2.83 bits per heavy atom. The quantitative estimate of drug-likeness (QED) is 0.736. The van der Waals surface area contributed by atoms with Gasteiger partial charge >= 0.3 is 0 Å². The van der Waals surface area contributed by atoms with Crippen molar-refractivity contribution < 1.29 is 9.90 Å². The van der Waals surface area contributed by atoms with Gasteiger partial charge in [-0.15, -0.1) is 0 Å². The predicted octanol–water partition coefficient (Wildman–Crippen LogP) is 0.666. The molecule has 5 heteroatoms. The maximum Gasteiger partial charge on any atom is 0.251 e. The molecule has 5 nitrogen and oxygen atoms in total. The van der Waals surface area contributed by atoms with Crippen molar-refractivity contribution in [2.75, 3.05) is 5.32 Å². The Morgan fingerprint density at radius 2 is 2.11 bits per heavy atom. The minimum Gasteiger partial charge on any atom is -0.543 e. The highest BCUT2D eigenvalue weighted by atomic mass is 16.4. The van der Waals surface area contributed by atoms with E-state index in [2.05, 4.69) is 10.3 Å². The summed E-state index contributed by atoms with van der Waals surface area (Å²) in [6, 6.07) is 7.71. The first-order valence-electron chi connectivity index (χ1n) is 5.67. The van der Waals surface area contributed by atoms with Crippen molar-refractivity contribution in [1.82, 2.24) is 4.90 Å². The Labute approximate surface area is 104 Å². The van der Waals surface area contributed by atoms with Crippen molar-refractivity contribution in [3.63, 3.8) is 0 Å². The van der Waals surface area contributed by atoms with Gasteiger partial charge in [-0.1, -0.05) is 12.1 Å². The van der Waals surface area contributed by atoms with Crippen LogP contribution in [0.3, 0.4) is 0 Å². The molecule has 0 aromatic heterocycles. The standard InChI is InChI=1S/C13H13N3O2/c1-13(2)11-10(12(17)18)14-7-16(11)9-6-4-3-5-8(9)15-13/h3-7,15H,1-2H3,(H,17,18)/q+1/p-1. The van der Waals surface area contributed by atoms with Gasteiger partial charge in [0.2, 0.25) is 11.4 Å². The van der Waals surface area contributed by atoms with Crippen molar-refractivity contribution in [3.8, 4) is 0 Å². The van der Waals surface area contributed by atoms with Crippen LogP contribution in [0.2, 0.25) is 0 Å². The van der Waals surface area contributed by atoms with Crippen LogP contribution in [-0.4, -0.2) is 17.8 Å². The smallest absolute Gasteiger partial charge is 0.251 e. The van der Waals surface area contributed by atoms with Gasteiger partial charge in [-0.05, 0) is 24.8 Å². The van der Waals surface area contributed by atoms with E-state index in [-0.39, 0.29) is 5.70 Å². The number of nitrogens with zero attached hydrogens (tertiary/aromatic N) is 2. The van der Waals surface area contributed by atoms with Crippen LogP contribution in [0, 0.1) is 0 Å². The SMILES string of the molecule is CC1(C)Nc2ccccc2[N+]2C=NC(C(=O)[O-])=C21. The van der Waals surface area contributed by atoms with Gasteiger partial charge in [0.1, 0.15) is 11.2 Å². The molecule has 0 amide bonds. The van der Waals surface area contributed by atoms with E-state index in [1.807, 2.05) is 38.1 Å². The summed E-state index contributed by atoms with van der Waals surface area (Å²) in [5, 5.41) is 14.4. The fourth-order valence-corrected chi connectivity index (χ4v) is 2.46. The lowest BCUT2D eigenvalue weighted by atomic mass is 9.93. The molecule has 1 radical (unpaired) electrons. The number of aliphatic carboxylic acids is 1. The van der Waals surface area contributed by atoms with Crippen molar-refractivity contribution in [2.45, 2.75) is 19.4 Å². The fraction of sp³-hybridized carbons (Fsp3) is 0.231. The molecule has 0 atom stereocenters. The van der Waals surface area contributed by atoms with Gasteiger partial charge in [0.25, 0.3) is 6.34 Å². The monoisotopic (exact) mass is 242 g/mol. The minimum absolute atomic E-state index is 0.0120. The van der Waals surface area contributed by atoms with Crippen LogP contribution >= 0.6 is 0 Å². The lowest BCUT2D eigenvalue weighted by Crippen LogP contribution is -2.46. The zero-order valence-corrected chi connectivity index (χ0v) is 10.1. The van der Waals surface area contributed by atoms with E-state index in [4.69, 9.17) is 0 Å². The topological polar surface area (TPSA) is 70.4 Å². The number of rotatable bonds is 1. The molecule has 2 aliphatic heterocycles. The van der Waals surface area contributed by atoms with Crippen LogP contribution < -0.4 is 15.3 Å². The Hall–Kier alpha value is -2.14. The third-order valence-corrected chi connectivity index (χ3v) is 3.16. The summed E-state index contributed by atoms with van der Waals surface area (Å²) in [6.07, 6.45) is 1.53. The maximum atomic E-state index is 11.1. The van der Waals surface area contributed by atoms with E-state index in [1.165, 1.54) is 6.34 Å². The first kappa shape index (κ1) is 11.0. The van der Waals surface area contributed by atoms with E-state index < -0.39 is 11.5 Å². The van der Waals surface area contributed by atoms with Gasteiger partial charge in [-0.2, -0.15) is 4.99 Å². The first-order chi connectivity index (χ1) is 8.50. The molecule has 3 rings (SSSR count). The minimum atomic E-state index is -1.25. The number of fused-ring (bicyclic) bond motifs is 3. The largest absolute Gasteiger partial charge is 0.543 e. The second-order valence-electron chi connectivity index (χ2n) is 4.87. The van der Waals surface area contributed by atoms with Crippen molar-refractivity contribution in [1.29, 1.82) is 0 Å². The van der Waals surface area contributed by atoms with Crippen LogP contribution in [-0.2, 0) is 4.79 Å². The number of hydrogen-bond donors (Lipinski definition) is 1. The molecule has 18 heavy (non-hydrogen) atoms. The Kier molecular flexibility index (Phi) is 2.09. The number of para-hydroxylation sites is 2. The van der Waals surface area contributed by atoms with Crippen molar-refractivity contribution in [3.05, 3.63) is 35.7 Å². The molecule has 2 aliphatic rings. The number of carboxylic acids is 1. The summed E-state index contributed by atoms with van der Waals surface area (Å²) in [7, 11) is 0. The summed E-state index contributed by atoms with van der Waals surface area (Å²) in [5.41, 5.74) is 1.94. The summed E-state index contributed by atoms with van der Waals surface area (Å²) in [6.45, 7) is 3.84. The summed E-state index contributed by atoms with van der Waals surface area (Å²) in [4.78, 5) is 16.9. The molecule has 0 unspecified atom stereocenters. The molecule has 1 aromatic carbocycles. The van der Waals surface area contributed by atoms with Crippen molar-refractivity contribution in [2.24, 2.45) is 4.99 Å². The second kappa shape index (κ2) is 3.43. The number of carboxylic acid groups (broad SMARTS) is 1. The van der Waals surface area contributed by atoms with E-state index in [9.17, 15) is 9.90 Å². The van der Waals surface area contributed by atoms with Gasteiger partial charge in [-0.3, -0.25) is 0 Å². The highest BCUT2D eigenvalue weighted by Gasteiger charge is 2.48. The lowest BCUT2D eigenvalue weighted by Gasteiger charge is -2.32.